The lowest BCUT2D eigenvalue weighted by Crippen LogP contribution is -2.36. The van der Waals surface area contributed by atoms with Gasteiger partial charge >= 0.3 is 0 Å². The van der Waals surface area contributed by atoms with Gasteiger partial charge in [0.15, 0.2) is 0 Å². The van der Waals surface area contributed by atoms with Gasteiger partial charge in [0.05, 0.1) is 11.5 Å². The van der Waals surface area contributed by atoms with E-state index in [1.165, 1.54) is 5.56 Å². The number of fused-ring (bicyclic) bond motifs is 1. The van der Waals surface area contributed by atoms with E-state index in [4.69, 9.17) is 0 Å². The van der Waals surface area contributed by atoms with Crippen molar-refractivity contribution in [3.63, 3.8) is 0 Å². The number of anilines is 2. The Labute approximate surface area is 155 Å². The van der Waals surface area contributed by atoms with Crippen molar-refractivity contribution in [1.29, 1.82) is 5.26 Å². The van der Waals surface area contributed by atoms with Gasteiger partial charge in [-0.15, -0.1) is 0 Å². The minimum absolute atomic E-state index is 0.0526. The van der Waals surface area contributed by atoms with E-state index in [9.17, 15) is 10.1 Å². The first-order valence-corrected chi connectivity index (χ1v) is 9.16. The number of pyridine rings is 1. The molecule has 2 aliphatic heterocycles. The van der Waals surface area contributed by atoms with Crippen molar-refractivity contribution in [3.8, 4) is 6.07 Å². The van der Waals surface area contributed by atoms with Gasteiger partial charge in [-0.3, -0.25) is 4.79 Å². The maximum Gasteiger partial charge on any atom is 0.231 e. The SMILES string of the molecule is N#Cc1cc(Br)cnc1N1CCC(C(=O)N2CCc3ccccc32)C1. The number of hydrogen-bond acceptors (Lipinski definition) is 4. The molecule has 1 aromatic heterocycles. The zero-order valence-corrected chi connectivity index (χ0v) is 15.2. The van der Waals surface area contributed by atoms with Gasteiger partial charge in [-0.1, -0.05) is 18.2 Å². The summed E-state index contributed by atoms with van der Waals surface area (Å²) in [4.78, 5) is 21.4. The van der Waals surface area contributed by atoms with Crippen molar-refractivity contribution in [2.24, 2.45) is 5.92 Å². The number of halogens is 1. The summed E-state index contributed by atoms with van der Waals surface area (Å²) in [6.07, 6.45) is 3.41. The maximum atomic E-state index is 13.0. The van der Waals surface area contributed by atoms with Crippen LogP contribution in [0, 0.1) is 17.2 Å². The number of carbonyl (C=O) groups excluding carboxylic acids is 1. The Balaban J connectivity index is 1.52. The minimum Gasteiger partial charge on any atom is -0.355 e. The molecule has 1 fully saturated rings. The van der Waals surface area contributed by atoms with E-state index in [2.05, 4.69) is 37.9 Å². The van der Waals surface area contributed by atoms with E-state index in [1.54, 1.807) is 12.3 Å². The molecule has 1 amide bonds. The number of carbonyl (C=O) groups is 1. The second-order valence-corrected chi connectivity index (χ2v) is 7.35. The standard InChI is InChI=1S/C19H17BrN4O/c20-16-9-15(10-21)18(22-11-16)23-7-5-14(12-23)19(25)24-8-6-13-3-1-2-4-17(13)24/h1-4,9,11,14H,5-8,12H2. The lowest BCUT2D eigenvalue weighted by Gasteiger charge is -2.22. The third kappa shape index (κ3) is 2.89. The normalized spacial score (nSPS) is 19.0. The highest BCUT2D eigenvalue weighted by molar-refractivity contribution is 9.10. The number of nitrogens with zero attached hydrogens (tertiary/aromatic N) is 4. The summed E-state index contributed by atoms with van der Waals surface area (Å²) >= 11 is 3.35. The molecule has 5 nitrogen and oxygen atoms in total. The van der Waals surface area contributed by atoms with Gasteiger partial charge in [0.25, 0.3) is 0 Å². The number of hydrogen-bond donors (Lipinski definition) is 0. The molecule has 1 atom stereocenters. The van der Waals surface area contributed by atoms with Crippen LogP contribution in [0.5, 0.6) is 0 Å². The zero-order valence-electron chi connectivity index (χ0n) is 13.7. The highest BCUT2D eigenvalue weighted by atomic mass is 79.9. The van der Waals surface area contributed by atoms with E-state index in [0.29, 0.717) is 17.9 Å². The van der Waals surface area contributed by atoms with Crippen LogP contribution < -0.4 is 9.80 Å². The molecule has 2 aliphatic rings. The summed E-state index contributed by atoms with van der Waals surface area (Å²) in [5, 5.41) is 9.35. The fraction of sp³-hybridized carbons (Fsp3) is 0.316. The van der Waals surface area contributed by atoms with Crippen LogP contribution in [0.1, 0.15) is 17.5 Å². The Morgan fingerprint density at radius 3 is 3.00 bits per heavy atom. The van der Waals surface area contributed by atoms with Gasteiger partial charge in [0, 0.05) is 36.0 Å². The van der Waals surface area contributed by atoms with Crippen LogP contribution in [-0.2, 0) is 11.2 Å². The van der Waals surface area contributed by atoms with Crippen LogP contribution >= 0.6 is 15.9 Å². The van der Waals surface area contributed by atoms with Gasteiger partial charge in [-0.05, 0) is 46.5 Å². The Kier molecular flexibility index (Phi) is 4.18. The van der Waals surface area contributed by atoms with E-state index in [-0.39, 0.29) is 11.8 Å². The Hall–Kier alpha value is -2.39. The Morgan fingerprint density at radius 1 is 1.32 bits per heavy atom. The second-order valence-electron chi connectivity index (χ2n) is 6.44. The van der Waals surface area contributed by atoms with E-state index in [0.717, 1.165) is 36.1 Å². The van der Waals surface area contributed by atoms with E-state index in [1.807, 2.05) is 23.1 Å². The Morgan fingerprint density at radius 2 is 2.16 bits per heavy atom. The van der Waals surface area contributed by atoms with Crippen LogP contribution in [-0.4, -0.2) is 30.5 Å². The number of aromatic nitrogens is 1. The predicted octanol–water partition coefficient (Wildman–Crippen LogP) is 3.13. The highest BCUT2D eigenvalue weighted by Gasteiger charge is 2.35. The number of rotatable bonds is 2. The molecule has 25 heavy (non-hydrogen) atoms. The number of benzene rings is 1. The molecular weight excluding hydrogens is 380 g/mol. The van der Waals surface area contributed by atoms with Crippen LogP contribution in [0.3, 0.4) is 0 Å². The average molecular weight is 397 g/mol. The second kappa shape index (κ2) is 6.49. The quantitative estimate of drug-likeness (QED) is 0.782. The molecule has 1 saturated heterocycles. The summed E-state index contributed by atoms with van der Waals surface area (Å²) in [6.45, 7) is 2.12. The third-order valence-electron chi connectivity index (χ3n) is 4.94. The maximum absolute atomic E-state index is 13.0. The molecule has 3 heterocycles. The highest BCUT2D eigenvalue weighted by Crippen LogP contribution is 2.32. The average Bonchev–Trinajstić information content (AvgIpc) is 3.28. The fourth-order valence-corrected chi connectivity index (χ4v) is 4.04. The molecule has 2 aromatic rings. The molecule has 0 radical (unpaired) electrons. The van der Waals surface area contributed by atoms with Crippen molar-refractivity contribution in [2.75, 3.05) is 29.4 Å². The topological polar surface area (TPSA) is 60.2 Å². The van der Waals surface area contributed by atoms with E-state index >= 15 is 0 Å². The molecule has 0 bridgehead atoms. The molecule has 4 rings (SSSR count). The van der Waals surface area contributed by atoms with Gasteiger partial charge in [0.2, 0.25) is 5.91 Å². The predicted molar refractivity (Wildman–Crippen MR) is 99.5 cm³/mol. The summed E-state index contributed by atoms with van der Waals surface area (Å²) < 4.78 is 0.785. The van der Waals surface area contributed by atoms with Crippen molar-refractivity contribution in [1.82, 2.24) is 4.98 Å². The third-order valence-corrected chi connectivity index (χ3v) is 5.38. The number of amides is 1. The molecule has 0 spiro atoms. The molecule has 1 aromatic carbocycles. The molecule has 0 N–H and O–H groups in total. The van der Waals surface area contributed by atoms with Crippen molar-refractivity contribution in [2.45, 2.75) is 12.8 Å². The lowest BCUT2D eigenvalue weighted by atomic mass is 10.1. The van der Waals surface area contributed by atoms with Crippen molar-refractivity contribution in [3.05, 3.63) is 52.1 Å². The van der Waals surface area contributed by atoms with E-state index < -0.39 is 0 Å². The van der Waals surface area contributed by atoms with Crippen molar-refractivity contribution < 1.29 is 4.79 Å². The van der Waals surface area contributed by atoms with Gasteiger partial charge in [-0.2, -0.15) is 5.26 Å². The molecule has 6 heteroatoms. The zero-order chi connectivity index (χ0) is 17.4. The minimum atomic E-state index is -0.0526. The van der Waals surface area contributed by atoms with Gasteiger partial charge in [0.1, 0.15) is 11.9 Å². The smallest absolute Gasteiger partial charge is 0.231 e. The fourth-order valence-electron chi connectivity index (χ4n) is 3.71. The van der Waals surface area contributed by atoms with Gasteiger partial charge < -0.3 is 9.80 Å². The largest absolute Gasteiger partial charge is 0.355 e. The number of para-hydroxylation sites is 1. The molecule has 0 saturated carbocycles. The summed E-state index contributed by atoms with van der Waals surface area (Å²) in [6, 6.07) is 12.1. The number of nitriles is 1. The molecule has 1 unspecified atom stereocenters. The first-order chi connectivity index (χ1) is 12.2. The van der Waals surface area contributed by atoms with Crippen LogP contribution in [0.4, 0.5) is 11.5 Å². The lowest BCUT2D eigenvalue weighted by molar-refractivity contribution is -0.121. The Bertz CT molecular complexity index is 876. The first-order valence-electron chi connectivity index (χ1n) is 8.37. The summed E-state index contributed by atoms with van der Waals surface area (Å²) in [5.74, 6) is 0.800. The van der Waals surface area contributed by atoms with Crippen molar-refractivity contribution >= 4 is 33.3 Å². The molecular formula is C19H17BrN4O. The molecule has 0 aliphatic carbocycles. The van der Waals surface area contributed by atoms with Crippen LogP contribution in [0.15, 0.2) is 41.0 Å². The summed E-state index contributed by atoms with van der Waals surface area (Å²) in [7, 11) is 0. The van der Waals surface area contributed by atoms with Crippen LogP contribution in [0.2, 0.25) is 0 Å². The van der Waals surface area contributed by atoms with Crippen LogP contribution in [0.25, 0.3) is 0 Å². The summed E-state index contributed by atoms with van der Waals surface area (Å²) in [5.41, 5.74) is 2.83. The molecule has 126 valence electrons. The monoisotopic (exact) mass is 396 g/mol. The first kappa shape index (κ1) is 16.1. The van der Waals surface area contributed by atoms with Gasteiger partial charge in [-0.25, -0.2) is 4.98 Å².